The van der Waals surface area contributed by atoms with Crippen molar-refractivity contribution in [2.75, 3.05) is 0 Å². The molecule has 0 saturated carbocycles. The van der Waals surface area contributed by atoms with Crippen LogP contribution in [0.4, 0.5) is 0 Å². The van der Waals surface area contributed by atoms with Crippen LogP contribution in [0.1, 0.15) is 38.3 Å². The molecule has 0 unspecified atom stereocenters. The first-order valence-corrected chi connectivity index (χ1v) is 6.87. The van der Waals surface area contributed by atoms with Gasteiger partial charge < -0.3 is 0 Å². The minimum absolute atomic E-state index is 0.0831. The van der Waals surface area contributed by atoms with Gasteiger partial charge in [0.2, 0.25) is 0 Å². The largest absolute Gasteiger partial charge is 0.293 e. The van der Waals surface area contributed by atoms with Crippen LogP contribution in [0.3, 0.4) is 0 Å². The lowest BCUT2D eigenvalue weighted by molar-refractivity contribution is -0.124. The van der Waals surface area contributed by atoms with Crippen LogP contribution in [-0.2, 0) is 9.59 Å². The fourth-order valence-corrected chi connectivity index (χ4v) is 2.21. The van der Waals surface area contributed by atoms with E-state index in [0.717, 1.165) is 11.1 Å². The molecule has 0 bridgehead atoms. The highest BCUT2D eigenvalue weighted by atomic mass is 16.2. The molecule has 0 amide bonds. The number of carbonyl (C=O) groups is 2. The van der Waals surface area contributed by atoms with E-state index in [4.69, 9.17) is 0 Å². The van der Waals surface area contributed by atoms with Gasteiger partial charge in [-0.25, -0.2) is 0 Å². The first-order chi connectivity index (χ1) is 9.30. The van der Waals surface area contributed by atoms with Crippen molar-refractivity contribution < 1.29 is 9.59 Å². The third kappa shape index (κ3) is 2.79. The Balaban J connectivity index is 2.32. The van der Waals surface area contributed by atoms with Crippen LogP contribution >= 0.6 is 0 Å². The molecule has 20 heavy (non-hydrogen) atoms. The summed E-state index contributed by atoms with van der Waals surface area (Å²) in [6.45, 7) is 7.53. The highest BCUT2D eigenvalue weighted by molar-refractivity contribution is 6.39. The molecule has 104 valence electrons. The topological polar surface area (TPSA) is 34.1 Å². The Morgan fingerprint density at radius 1 is 1.05 bits per heavy atom. The second kappa shape index (κ2) is 5.20. The molecule has 2 heteroatoms. The number of benzene rings is 1. The zero-order valence-corrected chi connectivity index (χ0v) is 12.5. The molecule has 0 aromatic heterocycles. The lowest BCUT2D eigenvalue weighted by atomic mass is 9.80. The van der Waals surface area contributed by atoms with Crippen molar-refractivity contribution in [3.8, 4) is 0 Å². The monoisotopic (exact) mass is 268 g/mol. The number of ketones is 2. The maximum atomic E-state index is 12.5. The molecule has 0 saturated heterocycles. The van der Waals surface area contributed by atoms with Crippen LogP contribution in [0.25, 0.3) is 5.57 Å². The molecule has 0 spiro atoms. The van der Waals surface area contributed by atoms with Crippen molar-refractivity contribution in [3.63, 3.8) is 0 Å². The van der Waals surface area contributed by atoms with Gasteiger partial charge in [-0.2, -0.15) is 0 Å². The van der Waals surface area contributed by atoms with E-state index >= 15 is 0 Å². The van der Waals surface area contributed by atoms with Crippen LogP contribution in [0.15, 0.2) is 42.0 Å². The molecular formula is C18H20O2. The summed E-state index contributed by atoms with van der Waals surface area (Å²) in [6.07, 6.45) is 4.27. The molecule has 2 nitrogen and oxygen atoms in total. The Morgan fingerprint density at radius 2 is 1.65 bits per heavy atom. The highest BCUT2D eigenvalue weighted by Crippen LogP contribution is 2.29. The molecule has 0 atom stereocenters. The maximum Gasteiger partial charge on any atom is 0.196 e. The normalized spacial score (nSPS) is 15.7. The third-order valence-corrected chi connectivity index (χ3v) is 3.42. The highest BCUT2D eigenvalue weighted by Gasteiger charge is 2.31. The van der Waals surface area contributed by atoms with Crippen molar-refractivity contribution in [2.24, 2.45) is 5.41 Å². The zero-order valence-electron chi connectivity index (χ0n) is 12.5. The Hall–Kier alpha value is -1.96. The second-order valence-electron chi connectivity index (χ2n) is 6.25. The first kappa shape index (κ1) is 14.4. The number of hydrogen-bond donors (Lipinski definition) is 0. The quantitative estimate of drug-likeness (QED) is 0.762. The van der Waals surface area contributed by atoms with E-state index in [9.17, 15) is 9.59 Å². The Labute approximate surface area is 120 Å². The van der Waals surface area contributed by atoms with Gasteiger partial charge in [0.05, 0.1) is 5.57 Å². The molecule has 1 aromatic rings. The van der Waals surface area contributed by atoms with Crippen molar-refractivity contribution in [2.45, 2.75) is 34.1 Å². The molecule has 0 fully saturated rings. The van der Waals surface area contributed by atoms with E-state index in [1.54, 1.807) is 6.08 Å². The average molecular weight is 268 g/mol. The van der Waals surface area contributed by atoms with Crippen molar-refractivity contribution >= 4 is 17.1 Å². The molecule has 0 radical (unpaired) electrons. The number of hydrogen-bond acceptors (Lipinski definition) is 2. The summed E-state index contributed by atoms with van der Waals surface area (Å²) < 4.78 is 0. The third-order valence-electron chi connectivity index (χ3n) is 3.42. The Morgan fingerprint density at radius 3 is 2.20 bits per heavy atom. The van der Waals surface area contributed by atoms with Gasteiger partial charge in [-0.15, -0.1) is 0 Å². The van der Waals surface area contributed by atoms with Crippen LogP contribution < -0.4 is 0 Å². The molecule has 0 aliphatic heterocycles. The van der Waals surface area contributed by atoms with Crippen LogP contribution in [-0.4, -0.2) is 11.6 Å². The second-order valence-corrected chi connectivity index (χ2v) is 6.25. The van der Waals surface area contributed by atoms with Gasteiger partial charge in [0.25, 0.3) is 0 Å². The van der Waals surface area contributed by atoms with Gasteiger partial charge in [-0.3, -0.25) is 9.59 Å². The standard InChI is InChI=1S/C18H20O2/c1-12-8-10-13(11-9-12)14-6-5-7-15(16(14)19)17(20)18(2,3)4/h6-11H,5H2,1-4H3. The lowest BCUT2D eigenvalue weighted by Crippen LogP contribution is -2.27. The maximum absolute atomic E-state index is 12.5. The summed E-state index contributed by atoms with van der Waals surface area (Å²) in [5.41, 5.74) is 2.47. The minimum atomic E-state index is -0.531. The molecule has 2 rings (SSSR count). The fourth-order valence-electron chi connectivity index (χ4n) is 2.21. The summed E-state index contributed by atoms with van der Waals surface area (Å²) in [4.78, 5) is 24.9. The van der Waals surface area contributed by atoms with E-state index in [1.807, 2.05) is 58.0 Å². The van der Waals surface area contributed by atoms with E-state index in [0.29, 0.717) is 17.6 Å². The van der Waals surface area contributed by atoms with E-state index < -0.39 is 5.41 Å². The number of aryl methyl sites for hydroxylation is 1. The van der Waals surface area contributed by atoms with Gasteiger partial charge in [-0.05, 0) is 18.9 Å². The minimum Gasteiger partial charge on any atom is -0.293 e. The van der Waals surface area contributed by atoms with Gasteiger partial charge in [0, 0.05) is 11.0 Å². The number of Topliss-reactive ketones (excluding diaryl/α,β-unsaturated/α-hetero) is 2. The van der Waals surface area contributed by atoms with Crippen LogP contribution in [0.2, 0.25) is 0 Å². The smallest absolute Gasteiger partial charge is 0.196 e. The van der Waals surface area contributed by atoms with Gasteiger partial charge in [0.15, 0.2) is 11.6 Å². The summed E-state index contributed by atoms with van der Waals surface area (Å²) in [5.74, 6) is -0.236. The molecule has 1 aromatic carbocycles. The summed E-state index contributed by atoms with van der Waals surface area (Å²) in [7, 11) is 0. The van der Waals surface area contributed by atoms with Crippen molar-refractivity contribution in [1.82, 2.24) is 0 Å². The first-order valence-electron chi connectivity index (χ1n) is 6.87. The molecular weight excluding hydrogens is 248 g/mol. The summed E-state index contributed by atoms with van der Waals surface area (Å²) in [6, 6.07) is 7.83. The number of rotatable bonds is 2. The Bertz CT molecular complexity index is 608. The van der Waals surface area contributed by atoms with Gasteiger partial charge in [0.1, 0.15) is 0 Å². The van der Waals surface area contributed by atoms with Crippen LogP contribution in [0, 0.1) is 12.3 Å². The summed E-state index contributed by atoms with van der Waals surface area (Å²) in [5, 5.41) is 0. The van der Waals surface area contributed by atoms with Gasteiger partial charge in [-0.1, -0.05) is 62.8 Å². The Kier molecular flexibility index (Phi) is 3.76. The van der Waals surface area contributed by atoms with Crippen molar-refractivity contribution in [1.29, 1.82) is 0 Å². The number of carbonyl (C=O) groups excluding carboxylic acids is 2. The predicted molar refractivity (Wildman–Crippen MR) is 81.3 cm³/mol. The zero-order chi connectivity index (χ0) is 14.9. The molecule has 1 aliphatic carbocycles. The van der Waals surface area contributed by atoms with E-state index in [2.05, 4.69) is 0 Å². The van der Waals surface area contributed by atoms with Crippen LogP contribution in [0.5, 0.6) is 0 Å². The van der Waals surface area contributed by atoms with Gasteiger partial charge >= 0.3 is 0 Å². The fraction of sp³-hybridized carbons (Fsp3) is 0.333. The SMILES string of the molecule is Cc1ccc(C2=CCC=C(C(=O)C(C)(C)C)C2=O)cc1. The van der Waals surface area contributed by atoms with E-state index in [1.165, 1.54) is 0 Å². The van der Waals surface area contributed by atoms with Crippen molar-refractivity contribution in [3.05, 3.63) is 53.1 Å². The molecule has 0 N–H and O–H groups in total. The molecule has 1 aliphatic rings. The summed E-state index contributed by atoms with van der Waals surface area (Å²) >= 11 is 0. The number of allylic oxidation sites excluding steroid dienone is 4. The average Bonchev–Trinajstić information content (AvgIpc) is 2.38. The molecule has 0 heterocycles. The lowest BCUT2D eigenvalue weighted by Gasteiger charge is -2.21. The predicted octanol–water partition coefficient (Wildman–Crippen LogP) is 3.89. The van der Waals surface area contributed by atoms with E-state index in [-0.39, 0.29) is 11.6 Å².